The minimum Gasteiger partial charge on any atom is -0.352 e. The summed E-state index contributed by atoms with van der Waals surface area (Å²) in [5.74, 6) is 0.620. The van der Waals surface area contributed by atoms with E-state index in [0.29, 0.717) is 49.8 Å². The molecule has 0 unspecified atom stereocenters. The topological polar surface area (TPSA) is 88.9 Å². The second kappa shape index (κ2) is 7.35. The molecule has 2 aliphatic heterocycles. The highest BCUT2D eigenvalue weighted by atomic mass is 19.1. The lowest BCUT2D eigenvalue weighted by molar-refractivity contribution is 0.0706. The van der Waals surface area contributed by atoms with Gasteiger partial charge >= 0.3 is 0 Å². The summed E-state index contributed by atoms with van der Waals surface area (Å²) in [5, 5.41) is 8.92. The van der Waals surface area contributed by atoms with E-state index in [2.05, 4.69) is 15.0 Å². The zero-order valence-electron chi connectivity index (χ0n) is 14.9. The lowest BCUT2D eigenvalue weighted by Gasteiger charge is -2.32. The molecule has 2 atom stereocenters. The summed E-state index contributed by atoms with van der Waals surface area (Å²) in [7, 11) is 0. The number of nitrogens with zero attached hydrogens (tertiary/aromatic N) is 5. The highest BCUT2D eigenvalue weighted by Crippen LogP contribution is 2.28. The molecule has 2 aromatic rings. The van der Waals surface area contributed by atoms with Crippen LogP contribution in [0.15, 0.2) is 24.5 Å². The standard InChI is InChI=1S/C19H21FN6O/c20-15-4-7-26(12-15)19-22-5-3-17(24-19)13-2-1-6-25(11-13)18(27)14-8-16(9-21)23-10-14/h3,5,8,10,13,15,23H,1-2,4,6-7,11-12H2/t13-,15+/m0/s1. The van der Waals surface area contributed by atoms with Crippen molar-refractivity contribution >= 4 is 11.9 Å². The van der Waals surface area contributed by atoms with Gasteiger partial charge in [0.05, 0.1) is 17.8 Å². The molecule has 0 aromatic carbocycles. The SMILES string of the molecule is N#Cc1cc(C(=O)N2CCC[C@H](c3ccnc(N4CC[C@@H](F)C4)n3)C2)c[nH]1. The maximum Gasteiger partial charge on any atom is 0.255 e. The Balaban J connectivity index is 1.48. The van der Waals surface area contributed by atoms with Gasteiger partial charge in [-0.15, -0.1) is 0 Å². The van der Waals surface area contributed by atoms with Crippen molar-refractivity contribution < 1.29 is 9.18 Å². The lowest BCUT2D eigenvalue weighted by Crippen LogP contribution is -2.39. The van der Waals surface area contributed by atoms with Gasteiger partial charge in [0, 0.05) is 37.9 Å². The third-order valence-corrected chi connectivity index (χ3v) is 5.26. The van der Waals surface area contributed by atoms with Crippen molar-refractivity contribution in [1.82, 2.24) is 19.9 Å². The van der Waals surface area contributed by atoms with Gasteiger partial charge in [0.25, 0.3) is 5.91 Å². The molecule has 7 nitrogen and oxygen atoms in total. The highest BCUT2D eigenvalue weighted by Gasteiger charge is 2.28. The minimum atomic E-state index is -0.820. The number of alkyl halides is 1. The average molecular weight is 368 g/mol. The molecule has 2 aromatic heterocycles. The molecular weight excluding hydrogens is 347 g/mol. The Bertz CT molecular complexity index is 875. The number of carbonyl (C=O) groups is 1. The minimum absolute atomic E-state index is 0.0773. The molecule has 8 heteroatoms. The number of aromatic amines is 1. The van der Waals surface area contributed by atoms with Crippen molar-refractivity contribution in [2.75, 3.05) is 31.1 Å². The van der Waals surface area contributed by atoms with Crippen LogP contribution in [0, 0.1) is 11.3 Å². The van der Waals surface area contributed by atoms with Gasteiger partial charge in [-0.05, 0) is 31.4 Å². The van der Waals surface area contributed by atoms with Crippen LogP contribution in [0.5, 0.6) is 0 Å². The summed E-state index contributed by atoms with van der Waals surface area (Å²) in [5.41, 5.74) is 1.78. The van der Waals surface area contributed by atoms with Gasteiger partial charge in [-0.25, -0.2) is 14.4 Å². The quantitative estimate of drug-likeness (QED) is 0.898. The maximum absolute atomic E-state index is 13.5. The highest BCUT2D eigenvalue weighted by molar-refractivity contribution is 5.94. The Morgan fingerprint density at radius 1 is 1.33 bits per heavy atom. The van der Waals surface area contributed by atoms with Crippen molar-refractivity contribution in [3.8, 4) is 6.07 Å². The average Bonchev–Trinajstić information content (AvgIpc) is 3.37. The number of nitriles is 1. The molecule has 0 radical (unpaired) electrons. The van der Waals surface area contributed by atoms with Gasteiger partial charge in [-0.3, -0.25) is 4.79 Å². The second-order valence-corrected chi connectivity index (χ2v) is 7.12. The van der Waals surface area contributed by atoms with E-state index in [9.17, 15) is 9.18 Å². The summed E-state index contributed by atoms with van der Waals surface area (Å²) in [6, 6.07) is 5.46. The van der Waals surface area contributed by atoms with Crippen molar-refractivity contribution in [1.29, 1.82) is 5.26 Å². The summed E-state index contributed by atoms with van der Waals surface area (Å²) >= 11 is 0. The van der Waals surface area contributed by atoms with Crippen LogP contribution in [-0.2, 0) is 0 Å². The number of hydrogen-bond acceptors (Lipinski definition) is 5. The first kappa shape index (κ1) is 17.5. The lowest BCUT2D eigenvalue weighted by atomic mass is 9.94. The molecule has 0 aliphatic carbocycles. The normalized spacial score (nSPS) is 22.7. The number of nitrogens with one attached hydrogen (secondary N) is 1. The Morgan fingerprint density at radius 2 is 2.22 bits per heavy atom. The maximum atomic E-state index is 13.5. The van der Waals surface area contributed by atoms with Gasteiger partial charge in [0.1, 0.15) is 17.9 Å². The zero-order chi connectivity index (χ0) is 18.8. The van der Waals surface area contributed by atoms with Gasteiger partial charge in [-0.1, -0.05) is 0 Å². The van der Waals surface area contributed by atoms with E-state index >= 15 is 0 Å². The van der Waals surface area contributed by atoms with E-state index in [1.165, 1.54) is 0 Å². The predicted octanol–water partition coefficient (Wildman–Crippen LogP) is 2.24. The van der Waals surface area contributed by atoms with E-state index < -0.39 is 6.17 Å². The first-order valence-corrected chi connectivity index (χ1v) is 9.24. The van der Waals surface area contributed by atoms with Crippen molar-refractivity contribution in [3.63, 3.8) is 0 Å². The number of carbonyl (C=O) groups excluding carboxylic acids is 1. The number of aromatic nitrogens is 3. The van der Waals surface area contributed by atoms with Crippen LogP contribution in [0.1, 0.15) is 46.9 Å². The molecule has 0 spiro atoms. The molecule has 1 N–H and O–H groups in total. The number of H-pyrrole nitrogens is 1. The molecule has 27 heavy (non-hydrogen) atoms. The molecule has 2 saturated heterocycles. The molecule has 0 bridgehead atoms. The van der Waals surface area contributed by atoms with Crippen molar-refractivity contribution in [3.05, 3.63) is 41.5 Å². The van der Waals surface area contributed by atoms with Gasteiger partial charge in [0.15, 0.2) is 0 Å². The number of rotatable bonds is 3. The Hall–Kier alpha value is -2.95. The number of halogens is 1. The number of anilines is 1. The van der Waals surface area contributed by atoms with E-state index in [0.717, 1.165) is 18.5 Å². The molecule has 140 valence electrons. The Kier molecular flexibility index (Phi) is 4.75. The first-order chi connectivity index (χ1) is 13.1. The van der Waals surface area contributed by atoms with Crippen LogP contribution in [0.2, 0.25) is 0 Å². The van der Waals surface area contributed by atoms with Crippen LogP contribution >= 0.6 is 0 Å². The van der Waals surface area contributed by atoms with Crippen molar-refractivity contribution in [2.45, 2.75) is 31.4 Å². The smallest absolute Gasteiger partial charge is 0.255 e. The fraction of sp³-hybridized carbons (Fsp3) is 0.474. The number of amides is 1. The number of likely N-dealkylation sites (tertiary alicyclic amines) is 1. The Labute approximate surface area is 156 Å². The first-order valence-electron chi connectivity index (χ1n) is 9.24. The number of hydrogen-bond donors (Lipinski definition) is 1. The zero-order valence-corrected chi connectivity index (χ0v) is 14.9. The summed E-state index contributed by atoms with van der Waals surface area (Å²) in [6.07, 6.45) is 4.83. The second-order valence-electron chi connectivity index (χ2n) is 7.12. The van der Waals surface area contributed by atoms with Crippen LogP contribution in [0.3, 0.4) is 0 Å². The van der Waals surface area contributed by atoms with Gasteiger partial charge < -0.3 is 14.8 Å². The van der Waals surface area contributed by atoms with Crippen LogP contribution in [0.25, 0.3) is 0 Å². The Morgan fingerprint density at radius 3 is 2.96 bits per heavy atom. The fourth-order valence-electron chi connectivity index (χ4n) is 3.81. The summed E-state index contributed by atoms with van der Waals surface area (Å²) in [6.45, 7) is 2.24. The molecule has 2 fully saturated rings. The summed E-state index contributed by atoms with van der Waals surface area (Å²) in [4.78, 5) is 28.2. The fourth-order valence-corrected chi connectivity index (χ4v) is 3.81. The summed E-state index contributed by atoms with van der Waals surface area (Å²) < 4.78 is 13.5. The molecule has 0 saturated carbocycles. The number of piperidine rings is 1. The van der Waals surface area contributed by atoms with Crippen LogP contribution in [-0.4, -0.2) is 58.1 Å². The molecule has 1 amide bonds. The molecular formula is C19H21FN6O. The molecule has 4 heterocycles. The third kappa shape index (κ3) is 3.63. The van der Waals surface area contributed by atoms with Gasteiger partial charge in [0.2, 0.25) is 5.95 Å². The van der Waals surface area contributed by atoms with Crippen LogP contribution in [0.4, 0.5) is 10.3 Å². The van der Waals surface area contributed by atoms with E-state index in [4.69, 9.17) is 5.26 Å². The van der Waals surface area contributed by atoms with Crippen molar-refractivity contribution in [2.24, 2.45) is 0 Å². The van der Waals surface area contributed by atoms with E-state index in [1.54, 1.807) is 18.5 Å². The molecule has 4 rings (SSSR count). The van der Waals surface area contributed by atoms with Crippen LogP contribution < -0.4 is 4.90 Å². The van der Waals surface area contributed by atoms with E-state index in [1.807, 2.05) is 21.9 Å². The monoisotopic (exact) mass is 368 g/mol. The largest absolute Gasteiger partial charge is 0.352 e. The van der Waals surface area contributed by atoms with Gasteiger partial charge in [-0.2, -0.15) is 5.26 Å². The molecule has 2 aliphatic rings. The predicted molar refractivity (Wildman–Crippen MR) is 97.1 cm³/mol. The van der Waals surface area contributed by atoms with E-state index in [-0.39, 0.29) is 11.8 Å². The third-order valence-electron chi connectivity index (χ3n) is 5.26.